The fraction of sp³-hybridized carbons (Fsp3) is 0.455. The normalized spacial score (nSPS) is 12.8. The summed E-state index contributed by atoms with van der Waals surface area (Å²) < 4.78 is 0. The van der Waals surface area contributed by atoms with Crippen LogP contribution in [0.2, 0.25) is 0 Å². The molecule has 0 radical (unpaired) electrons. The lowest BCUT2D eigenvalue weighted by atomic mass is 10.0. The van der Waals surface area contributed by atoms with Crippen molar-refractivity contribution in [2.75, 3.05) is 0 Å². The topological polar surface area (TPSA) is 46.2 Å². The van der Waals surface area contributed by atoms with Crippen LogP contribution < -0.4 is 5.73 Å². The number of phenols is 1. The predicted octanol–water partition coefficient (Wildman–Crippen LogP) is 2.06. The van der Waals surface area contributed by atoms with E-state index in [9.17, 15) is 0 Å². The second-order valence-corrected chi connectivity index (χ2v) is 3.42. The molecule has 0 saturated heterocycles. The van der Waals surface area contributed by atoms with Crippen LogP contribution in [0.25, 0.3) is 0 Å². The molecule has 1 unspecified atom stereocenters. The molecule has 13 heavy (non-hydrogen) atoms. The van der Waals surface area contributed by atoms with Crippen molar-refractivity contribution >= 4 is 0 Å². The molecule has 2 nitrogen and oxygen atoms in total. The maximum absolute atomic E-state index is 9.06. The first kappa shape index (κ1) is 10.1. The van der Waals surface area contributed by atoms with Crippen LogP contribution in [-0.2, 0) is 6.42 Å². The van der Waals surface area contributed by atoms with Gasteiger partial charge in [-0.3, -0.25) is 0 Å². The molecule has 1 rings (SSSR count). The third-order valence-electron chi connectivity index (χ3n) is 2.09. The summed E-state index contributed by atoms with van der Waals surface area (Å²) in [6.45, 7) is 2.14. The van der Waals surface area contributed by atoms with Crippen LogP contribution in [0.4, 0.5) is 0 Å². The van der Waals surface area contributed by atoms with Crippen molar-refractivity contribution in [1.82, 2.24) is 0 Å². The van der Waals surface area contributed by atoms with Gasteiger partial charge in [0.1, 0.15) is 5.75 Å². The summed E-state index contributed by atoms with van der Waals surface area (Å²) in [4.78, 5) is 0. The molecule has 2 heteroatoms. The van der Waals surface area contributed by atoms with Gasteiger partial charge in [-0.2, -0.15) is 0 Å². The number of aromatic hydroxyl groups is 1. The van der Waals surface area contributed by atoms with Gasteiger partial charge in [-0.1, -0.05) is 25.5 Å². The average Bonchev–Trinajstić information content (AvgIpc) is 2.09. The van der Waals surface area contributed by atoms with Crippen LogP contribution in [0.1, 0.15) is 25.3 Å². The molecule has 1 aromatic carbocycles. The third-order valence-corrected chi connectivity index (χ3v) is 2.09. The zero-order valence-electron chi connectivity index (χ0n) is 8.03. The number of benzene rings is 1. The highest BCUT2D eigenvalue weighted by molar-refractivity contribution is 5.26. The lowest BCUT2D eigenvalue weighted by Gasteiger charge is -2.09. The van der Waals surface area contributed by atoms with E-state index in [2.05, 4.69) is 6.92 Å². The highest BCUT2D eigenvalue weighted by atomic mass is 16.3. The average molecular weight is 179 g/mol. The fourth-order valence-corrected chi connectivity index (χ4v) is 1.41. The zero-order valence-corrected chi connectivity index (χ0v) is 8.03. The first-order chi connectivity index (χ1) is 6.22. The van der Waals surface area contributed by atoms with Crippen molar-refractivity contribution in [2.24, 2.45) is 5.73 Å². The van der Waals surface area contributed by atoms with Crippen LogP contribution in [0.5, 0.6) is 5.75 Å². The Morgan fingerprint density at radius 1 is 1.31 bits per heavy atom. The van der Waals surface area contributed by atoms with E-state index in [1.54, 1.807) is 12.1 Å². The van der Waals surface area contributed by atoms with E-state index >= 15 is 0 Å². The highest BCUT2D eigenvalue weighted by Gasteiger charge is 2.02. The predicted molar refractivity (Wildman–Crippen MR) is 54.7 cm³/mol. The van der Waals surface area contributed by atoms with E-state index in [1.807, 2.05) is 12.1 Å². The Hall–Kier alpha value is -1.02. The van der Waals surface area contributed by atoms with Crippen LogP contribution in [0.15, 0.2) is 24.3 Å². The molecule has 0 aliphatic carbocycles. The SMILES string of the molecule is CCCC(N)Cc1ccc(O)cc1. The van der Waals surface area contributed by atoms with Crippen molar-refractivity contribution in [3.8, 4) is 5.75 Å². The molecule has 72 valence electrons. The minimum absolute atomic E-state index is 0.245. The summed E-state index contributed by atoms with van der Waals surface area (Å²) in [5, 5.41) is 9.06. The van der Waals surface area contributed by atoms with Gasteiger partial charge in [0.2, 0.25) is 0 Å². The van der Waals surface area contributed by atoms with Crippen LogP contribution >= 0.6 is 0 Å². The number of rotatable bonds is 4. The summed E-state index contributed by atoms with van der Waals surface area (Å²) in [6, 6.07) is 7.49. The quantitative estimate of drug-likeness (QED) is 0.743. The molecular formula is C11H17NO. The molecular weight excluding hydrogens is 162 g/mol. The van der Waals surface area contributed by atoms with Gasteiger partial charge in [-0.25, -0.2) is 0 Å². The highest BCUT2D eigenvalue weighted by Crippen LogP contribution is 2.11. The Kier molecular flexibility index (Phi) is 3.77. The second kappa shape index (κ2) is 4.87. The molecule has 0 spiro atoms. The van der Waals surface area contributed by atoms with E-state index in [4.69, 9.17) is 10.8 Å². The standard InChI is InChI=1S/C11H17NO/c1-2-3-10(12)8-9-4-6-11(13)7-5-9/h4-7,10,13H,2-3,8,12H2,1H3. The maximum atomic E-state index is 9.06. The Labute approximate surface area is 79.4 Å². The summed E-state index contributed by atoms with van der Waals surface area (Å²) in [5.74, 6) is 0.313. The maximum Gasteiger partial charge on any atom is 0.115 e. The summed E-state index contributed by atoms with van der Waals surface area (Å²) >= 11 is 0. The Bertz CT molecular complexity index is 243. The van der Waals surface area contributed by atoms with E-state index < -0.39 is 0 Å². The number of nitrogens with two attached hydrogens (primary N) is 1. The number of hydrogen-bond acceptors (Lipinski definition) is 2. The van der Waals surface area contributed by atoms with Gasteiger partial charge in [0.25, 0.3) is 0 Å². The van der Waals surface area contributed by atoms with Gasteiger partial charge in [-0.05, 0) is 30.5 Å². The lowest BCUT2D eigenvalue weighted by Crippen LogP contribution is -2.22. The molecule has 0 amide bonds. The first-order valence-electron chi connectivity index (χ1n) is 4.76. The Morgan fingerprint density at radius 2 is 1.92 bits per heavy atom. The van der Waals surface area contributed by atoms with Gasteiger partial charge >= 0.3 is 0 Å². The number of hydrogen-bond donors (Lipinski definition) is 2. The van der Waals surface area contributed by atoms with E-state index in [1.165, 1.54) is 5.56 Å². The van der Waals surface area contributed by atoms with Crippen molar-refractivity contribution in [1.29, 1.82) is 0 Å². The molecule has 1 aromatic rings. The van der Waals surface area contributed by atoms with Gasteiger partial charge in [0.15, 0.2) is 0 Å². The lowest BCUT2D eigenvalue weighted by molar-refractivity contribution is 0.475. The molecule has 0 aliphatic heterocycles. The van der Waals surface area contributed by atoms with Gasteiger partial charge in [0.05, 0.1) is 0 Å². The third kappa shape index (κ3) is 3.47. The molecule has 0 heterocycles. The molecule has 0 aliphatic rings. The smallest absolute Gasteiger partial charge is 0.115 e. The molecule has 0 fully saturated rings. The molecule has 0 saturated carbocycles. The summed E-state index contributed by atoms with van der Waals surface area (Å²) in [5.41, 5.74) is 7.09. The number of phenolic OH excluding ortho intramolecular Hbond substituents is 1. The van der Waals surface area contributed by atoms with E-state index in [-0.39, 0.29) is 6.04 Å². The van der Waals surface area contributed by atoms with Gasteiger partial charge in [-0.15, -0.1) is 0 Å². The van der Waals surface area contributed by atoms with Crippen LogP contribution in [0.3, 0.4) is 0 Å². The van der Waals surface area contributed by atoms with E-state index in [0.717, 1.165) is 19.3 Å². The zero-order chi connectivity index (χ0) is 9.68. The van der Waals surface area contributed by atoms with Crippen LogP contribution in [0, 0.1) is 0 Å². The van der Waals surface area contributed by atoms with Crippen molar-refractivity contribution in [2.45, 2.75) is 32.2 Å². The second-order valence-electron chi connectivity index (χ2n) is 3.42. The molecule has 1 atom stereocenters. The van der Waals surface area contributed by atoms with Gasteiger partial charge < -0.3 is 10.8 Å². The molecule has 0 bridgehead atoms. The van der Waals surface area contributed by atoms with Gasteiger partial charge in [0, 0.05) is 6.04 Å². The Balaban J connectivity index is 2.49. The Morgan fingerprint density at radius 3 is 2.46 bits per heavy atom. The van der Waals surface area contributed by atoms with Crippen molar-refractivity contribution < 1.29 is 5.11 Å². The van der Waals surface area contributed by atoms with Crippen LogP contribution in [-0.4, -0.2) is 11.1 Å². The summed E-state index contributed by atoms with van der Waals surface area (Å²) in [6.07, 6.45) is 3.08. The minimum atomic E-state index is 0.245. The van der Waals surface area contributed by atoms with Crippen molar-refractivity contribution in [3.63, 3.8) is 0 Å². The monoisotopic (exact) mass is 179 g/mol. The van der Waals surface area contributed by atoms with E-state index in [0.29, 0.717) is 5.75 Å². The molecule has 0 aromatic heterocycles. The minimum Gasteiger partial charge on any atom is -0.508 e. The van der Waals surface area contributed by atoms with Crippen molar-refractivity contribution in [3.05, 3.63) is 29.8 Å². The fourth-order valence-electron chi connectivity index (χ4n) is 1.41. The summed E-state index contributed by atoms with van der Waals surface area (Å²) in [7, 11) is 0. The first-order valence-corrected chi connectivity index (χ1v) is 4.76. The molecule has 3 N–H and O–H groups in total. The largest absolute Gasteiger partial charge is 0.508 e.